The van der Waals surface area contributed by atoms with Crippen LogP contribution in [0.1, 0.15) is 0 Å². The first-order valence-electron chi connectivity index (χ1n) is 18.3. The molecule has 10 rings (SSSR count). The Morgan fingerprint density at radius 1 is 0.352 bits per heavy atom. The highest BCUT2D eigenvalue weighted by molar-refractivity contribution is 6.10. The van der Waals surface area contributed by atoms with Crippen molar-refractivity contribution in [2.24, 2.45) is 0 Å². The van der Waals surface area contributed by atoms with Crippen LogP contribution in [0.4, 0.5) is 17.1 Å². The molecule has 0 spiro atoms. The molecule has 54 heavy (non-hydrogen) atoms. The lowest BCUT2D eigenvalue weighted by Gasteiger charge is -2.25. The van der Waals surface area contributed by atoms with Gasteiger partial charge in [0.05, 0.1) is 22.2 Å². The molecule has 0 aliphatic rings. The summed E-state index contributed by atoms with van der Waals surface area (Å²) in [5, 5.41) is 3.49. The Morgan fingerprint density at radius 2 is 0.889 bits per heavy atom. The van der Waals surface area contributed by atoms with E-state index in [0.29, 0.717) is 5.82 Å². The summed E-state index contributed by atoms with van der Waals surface area (Å²) in [6.07, 6.45) is 0. The molecule has 0 N–H and O–H groups in total. The third-order valence-corrected chi connectivity index (χ3v) is 10.2. The molecule has 0 saturated heterocycles. The van der Waals surface area contributed by atoms with Crippen molar-refractivity contribution in [3.05, 3.63) is 206 Å². The van der Waals surface area contributed by atoms with E-state index in [1.807, 2.05) is 18.2 Å². The summed E-state index contributed by atoms with van der Waals surface area (Å²) in [6, 6.07) is 72.7. The van der Waals surface area contributed by atoms with Gasteiger partial charge in [0.2, 0.25) is 0 Å². The summed E-state index contributed by atoms with van der Waals surface area (Å²) in [6.45, 7) is 0. The van der Waals surface area contributed by atoms with Crippen molar-refractivity contribution >= 4 is 49.8 Å². The van der Waals surface area contributed by atoms with Gasteiger partial charge < -0.3 is 9.47 Å². The molecule has 4 nitrogen and oxygen atoms in total. The van der Waals surface area contributed by atoms with Gasteiger partial charge in [-0.25, -0.2) is 9.97 Å². The highest BCUT2D eigenvalue weighted by atomic mass is 15.1. The van der Waals surface area contributed by atoms with Crippen LogP contribution in [0.25, 0.3) is 72.2 Å². The molecule has 4 heteroatoms. The van der Waals surface area contributed by atoms with E-state index in [1.54, 1.807) is 0 Å². The molecule has 254 valence electrons. The van der Waals surface area contributed by atoms with Gasteiger partial charge in [-0.3, -0.25) is 0 Å². The number of nitrogens with zero attached hydrogens (tertiary/aromatic N) is 4. The van der Waals surface area contributed by atoms with Gasteiger partial charge in [-0.15, -0.1) is 0 Å². The summed E-state index contributed by atoms with van der Waals surface area (Å²) in [7, 11) is 0. The van der Waals surface area contributed by atoms with Gasteiger partial charge in [0.1, 0.15) is 0 Å². The number of para-hydroxylation sites is 4. The fourth-order valence-electron chi connectivity index (χ4n) is 7.62. The van der Waals surface area contributed by atoms with Crippen molar-refractivity contribution in [2.75, 3.05) is 4.90 Å². The monoisotopic (exact) mass is 690 g/mol. The van der Waals surface area contributed by atoms with E-state index in [2.05, 4.69) is 198 Å². The Bertz CT molecular complexity index is 2860. The number of benzene rings is 8. The first kappa shape index (κ1) is 31.4. The molecule has 0 aliphatic carbocycles. The van der Waals surface area contributed by atoms with E-state index in [-0.39, 0.29) is 0 Å². The van der Waals surface area contributed by atoms with E-state index in [1.165, 1.54) is 27.4 Å². The smallest absolute Gasteiger partial charge is 0.160 e. The zero-order valence-corrected chi connectivity index (χ0v) is 29.4. The average Bonchev–Trinajstić information content (AvgIpc) is 3.58. The molecule has 0 saturated carbocycles. The average molecular weight is 691 g/mol. The van der Waals surface area contributed by atoms with Crippen molar-refractivity contribution in [1.29, 1.82) is 0 Å². The molecule has 0 amide bonds. The predicted molar refractivity (Wildman–Crippen MR) is 225 cm³/mol. The second kappa shape index (κ2) is 13.4. The third kappa shape index (κ3) is 5.58. The van der Waals surface area contributed by atoms with E-state index >= 15 is 0 Å². The highest BCUT2D eigenvalue weighted by Crippen LogP contribution is 2.38. The molecule has 0 fully saturated rings. The van der Waals surface area contributed by atoms with E-state index in [0.717, 1.165) is 56.0 Å². The van der Waals surface area contributed by atoms with Crippen molar-refractivity contribution in [1.82, 2.24) is 14.5 Å². The molecule has 2 aromatic heterocycles. The second-order valence-electron chi connectivity index (χ2n) is 13.5. The molecule has 0 unspecified atom stereocenters. The minimum atomic E-state index is 0.715. The molecule has 0 bridgehead atoms. The van der Waals surface area contributed by atoms with Gasteiger partial charge in [0.25, 0.3) is 0 Å². The first-order chi connectivity index (χ1) is 26.8. The van der Waals surface area contributed by atoms with Crippen LogP contribution in [0.15, 0.2) is 206 Å². The maximum atomic E-state index is 5.10. The van der Waals surface area contributed by atoms with Gasteiger partial charge in [-0.2, -0.15) is 0 Å². The third-order valence-electron chi connectivity index (χ3n) is 10.2. The Morgan fingerprint density at radius 3 is 1.59 bits per heavy atom. The minimum Gasteiger partial charge on any atom is -0.311 e. The summed E-state index contributed by atoms with van der Waals surface area (Å²) in [5.41, 5.74) is 13.1. The number of anilines is 3. The van der Waals surface area contributed by atoms with E-state index in [9.17, 15) is 0 Å². The lowest BCUT2D eigenvalue weighted by molar-refractivity contribution is 1.17. The zero-order chi connectivity index (χ0) is 35.8. The standard InChI is InChI=1S/C50H34N4/c1-4-14-36(15-5-1)49-44-21-10-12-22-46(44)51-50(52-49)37-26-31-42(32-27-37)54-47-23-13-11-20-43(47)45-34-38(28-33-48(45)54)35-24-29-41(30-25-35)53(39-16-6-2-7-17-39)40-18-8-3-9-19-40/h1-34H. The van der Waals surface area contributed by atoms with Crippen LogP contribution in [0, 0.1) is 0 Å². The van der Waals surface area contributed by atoms with Crippen LogP contribution < -0.4 is 4.90 Å². The lowest BCUT2D eigenvalue weighted by Crippen LogP contribution is -2.09. The van der Waals surface area contributed by atoms with Crippen LogP contribution >= 0.6 is 0 Å². The molecule has 0 radical (unpaired) electrons. The summed E-state index contributed by atoms with van der Waals surface area (Å²) in [4.78, 5) is 12.4. The predicted octanol–water partition coefficient (Wildman–Crippen LogP) is 13.2. The molecular weight excluding hydrogens is 657 g/mol. The second-order valence-corrected chi connectivity index (χ2v) is 13.5. The van der Waals surface area contributed by atoms with Crippen LogP contribution in [-0.2, 0) is 0 Å². The minimum absolute atomic E-state index is 0.715. The molecule has 0 atom stereocenters. The van der Waals surface area contributed by atoms with Crippen LogP contribution in [-0.4, -0.2) is 14.5 Å². The van der Waals surface area contributed by atoms with E-state index in [4.69, 9.17) is 9.97 Å². The summed E-state index contributed by atoms with van der Waals surface area (Å²) < 4.78 is 2.36. The summed E-state index contributed by atoms with van der Waals surface area (Å²) in [5.74, 6) is 0.715. The molecule has 0 aliphatic heterocycles. The number of hydrogen-bond donors (Lipinski definition) is 0. The van der Waals surface area contributed by atoms with Crippen LogP contribution in [0.5, 0.6) is 0 Å². The quantitative estimate of drug-likeness (QED) is 0.167. The molecular formula is C50H34N4. The largest absolute Gasteiger partial charge is 0.311 e. The van der Waals surface area contributed by atoms with Gasteiger partial charge >= 0.3 is 0 Å². The summed E-state index contributed by atoms with van der Waals surface area (Å²) >= 11 is 0. The normalized spacial score (nSPS) is 11.3. The van der Waals surface area contributed by atoms with Crippen LogP contribution in [0.2, 0.25) is 0 Å². The Balaban J connectivity index is 1.02. The molecule has 10 aromatic rings. The lowest BCUT2D eigenvalue weighted by atomic mass is 10.0. The topological polar surface area (TPSA) is 34.0 Å². The van der Waals surface area contributed by atoms with Crippen molar-refractivity contribution < 1.29 is 0 Å². The number of aromatic nitrogens is 3. The van der Waals surface area contributed by atoms with Crippen molar-refractivity contribution in [2.45, 2.75) is 0 Å². The number of hydrogen-bond acceptors (Lipinski definition) is 3. The zero-order valence-electron chi connectivity index (χ0n) is 29.4. The maximum Gasteiger partial charge on any atom is 0.160 e. The Labute approximate surface area is 313 Å². The highest BCUT2D eigenvalue weighted by Gasteiger charge is 2.16. The van der Waals surface area contributed by atoms with Gasteiger partial charge in [-0.05, 0) is 96.1 Å². The number of fused-ring (bicyclic) bond motifs is 4. The van der Waals surface area contributed by atoms with Crippen LogP contribution in [0.3, 0.4) is 0 Å². The van der Waals surface area contributed by atoms with Crippen molar-refractivity contribution in [3.8, 4) is 39.5 Å². The maximum absolute atomic E-state index is 5.10. The Hall–Kier alpha value is -7.30. The van der Waals surface area contributed by atoms with Gasteiger partial charge in [0, 0.05) is 50.0 Å². The molecule has 8 aromatic carbocycles. The SMILES string of the molecule is c1ccc(-c2nc(-c3ccc(-n4c5ccccc5c5cc(-c6ccc(N(c7ccccc7)c7ccccc7)cc6)ccc54)cc3)nc3ccccc23)cc1. The number of rotatable bonds is 7. The van der Waals surface area contributed by atoms with Gasteiger partial charge in [0.15, 0.2) is 5.82 Å². The first-order valence-corrected chi connectivity index (χ1v) is 18.3. The fourth-order valence-corrected chi connectivity index (χ4v) is 7.62. The Kier molecular flexibility index (Phi) is 7.77. The fraction of sp³-hybridized carbons (Fsp3) is 0. The van der Waals surface area contributed by atoms with Crippen molar-refractivity contribution in [3.63, 3.8) is 0 Å². The molecule has 2 heterocycles. The van der Waals surface area contributed by atoms with E-state index < -0.39 is 0 Å². The van der Waals surface area contributed by atoms with Gasteiger partial charge in [-0.1, -0.05) is 121 Å².